The Kier molecular flexibility index (Phi) is 2.51. The summed E-state index contributed by atoms with van der Waals surface area (Å²) in [5.41, 5.74) is 5.21. The first kappa shape index (κ1) is 10.9. The van der Waals surface area contributed by atoms with Crippen molar-refractivity contribution in [2.45, 2.75) is 50.7 Å². The first-order valence-electron chi connectivity index (χ1n) is 5.67. The molecular weight excluding hydrogens is 194 g/mol. The molecule has 0 saturated heterocycles. The molecule has 3 saturated carbocycles. The van der Waals surface area contributed by atoms with E-state index in [0.717, 1.165) is 12.8 Å². The quantitative estimate of drug-likeness (QED) is 0.658. The Morgan fingerprint density at radius 3 is 2.53 bits per heavy atom. The van der Waals surface area contributed by atoms with Gasteiger partial charge in [-0.2, -0.15) is 0 Å². The van der Waals surface area contributed by atoms with Gasteiger partial charge in [0.2, 0.25) is 0 Å². The van der Waals surface area contributed by atoms with E-state index in [1.807, 2.05) is 0 Å². The summed E-state index contributed by atoms with van der Waals surface area (Å²) in [6.07, 6.45) is 2.90. The zero-order valence-corrected chi connectivity index (χ0v) is 9.16. The molecule has 3 fully saturated rings. The summed E-state index contributed by atoms with van der Waals surface area (Å²) in [6.45, 7) is 2.17. The summed E-state index contributed by atoms with van der Waals surface area (Å²) in [5, 5.41) is 10.0. The predicted molar refractivity (Wildman–Crippen MR) is 55.1 cm³/mol. The minimum Gasteiger partial charge on any atom is -0.465 e. The number of carbonyl (C=O) groups excluding carboxylic acids is 1. The minimum absolute atomic E-state index is 0.237. The summed E-state index contributed by atoms with van der Waals surface area (Å²) in [5.74, 6) is -0.237. The maximum atomic E-state index is 11.9. The van der Waals surface area contributed by atoms with Crippen molar-refractivity contribution in [3.05, 3.63) is 0 Å². The molecule has 0 aromatic carbocycles. The van der Waals surface area contributed by atoms with Crippen LogP contribution in [0.15, 0.2) is 0 Å². The Morgan fingerprint density at radius 2 is 2.07 bits per heavy atom. The van der Waals surface area contributed by atoms with Crippen molar-refractivity contribution in [2.24, 2.45) is 11.1 Å². The predicted octanol–water partition coefficient (Wildman–Crippen LogP) is 0.572. The average Bonchev–Trinajstić information content (AvgIpc) is 2.18. The molecule has 0 aliphatic heterocycles. The lowest BCUT2D eigenvalue weighted by Crippen LogP contribution is -2.61. The van der Waals surface area contributed by atoms with Crippen LogP contribution in [0.4, 0.5) is 0 Å². The molecule has 3 rings (SSSR count). The third-order valence-corrected chi connectivity index (χ3v) is 4.06. The lowest BCUT2D eigenvalue weighted by atomic mass is 9.56. The highest BCUT2D eigenvalue weighted by Gasteiger charge is 2.57. The fraction of sp³-hybridized carbons (Fsp3) is 0.909. The molecule has 0 aromatic heterocycles. The van der Waals surface area contributed by atoms with E-state index in [2.05, 4.69) is 0 Å². The fourth-order valence-electron chi connectivity index (χ4n) is 2.93. The van der Waals surface area contributed by atoms with E-state index in [-0.39, 0.29) is 11.5 Å². The highest BCUT2D eigenvalue weighted by atomic mass is 16.5. The summed E-state index contributed by atoms with van der Waals surface area (Å²) >= 11 is 0. The van der Waals surface area contributed by atoms with Gasteiger partial charge in [-0.1, -0.05) is 0 Å². The van der Waals surface area contributed by atoms with Crippen molar-refractivity contribution in [3.8, 4) is 0 Å². The zero-order valence-electron chi connectivity index (χ0n) is 9.16. The number of ether oxygens (including phenoxy) is 1. The molecule has 0 amide bonds. The van der Waals surface area contributed by atoms with Gasteiger partial charge in [0.25, 0.3) is 0 Å². The second-order valence-electron chi connectivity index (χ2n) is 4.96. The van der Waals surface area contributed by atoms with Gasteiger partial charge in [-0.05, 0) is 39.0 Å². The number of hydrogen-bond acceptors (Lipinski definition) is 4. The summed E-state index contributed by atoms with van der Waals surface area (Å²) < 4.78 is 5.06. The maximum Gasteiger partial charge on any atom is 0.314 e. The first-order chi connectivity index (χ1) is 7.02. The van der Waals surface area contributed by atoms with Crippen LogP contribution in [0.5, 0.6) is 0 Å². The molecule has 0 unspecified atom stereocenters. The third-order valence-electron chi connectivity index (χ3n) is 4.06. The molecule has 3 aliphatic rings. The van der Waals surface area contributed by atoms with E-state index in [0.29, 0.717) is 25.9 Å². The van der Waals surface area contributed by atoms with Crippen molar-refractivity contribution in [3.63, 3.8) is 0 Å². The summed E-state index contributed by atoms with van der Waals surface area (Å²) in [4.78, 5) is 11.9. The van der Waals surface area contributed by atoms with Crippen LogP contribution in [-0.2, 0) is 9.53 Å². The van der Waals surface area contributed by atoms with Crippen LogP contribution < -0.4 is 5.73 Å². The monoisotopic (exact) mass is 213 g/mol. The van der Waals surface area contributed by atoms with Gasteiger partial charge in [0.15, 0.2) is 0 Å². The van der Waals surface area contributed by atoms with E-state index in [4.69, 9.17) is 10.5 Å². The molecular formula is C11H19NO3. The van der Waals surface area contributed by atoms with Gasteiger partial charge >= 0.3 is 5.97 Å². The number of fused-ring (bicyclic) bond motifs is 3. The van der Waals surface area contributed by atoms with Crippen LogP contribution in [0.2, 0.25) is 0 Å². The lowest BCUT2D eigenvalue weighted by molar-refractivity contribution is -0.176. The third kappa shape index (κ3) is 1.56. The molecule has 86 valence electrons. The van der Waals surface area contributed by atoms with E-state index in [1.54, 1.807) is 6.92 Å². The number of carbonyl (C=O) groups is 1. The number of aliphatic hydroxyl groups excluding tert-OH is 1. The molecule has 4 nitrogen and oxygen atoms in total. The first-order valence-corrected chi connectivity index (χ1v) is 5.67. The van der Waals surface area contributed by atoms with Crippen LogP contribution >= 0.6 is 0 Å². The van der Waals surface area contributed by atoms with Gasteiger partial charge < -0.3 is 15.6 Å². The molecule has 1 atom stereocenters. The van der Waals surface area contributed by atoms with Gasteiger partial charge in [0.05, 0.1) is 18.1 Å². The van der Waals surface area contributed by atoms with E-state index >= 15 is 0 Å². The Labute approximate surface area is 89.8 Å². The summed E-state index contributed by atoms with van der Waals surface area (Å²) in [6, 6.07) is 0. The SMILES string of the molecule is CCOC(=O)C12CCC(N)(CC1)C[C@@H]2O. The van der Waals surface area contributed by atoms with Crippen LogP contribution in [0.1, 0.15) is 39.0 Å². The Balaban J connectivity index is 2.18. The van der Waals surface area contributed by atoms with Crippen molar-refractivity contribution >= 4 is 5.97 Å². The smallest absolute Gasteiger partial charge is 0.314 e. The van der Waals surface area contributed by atoms with Crippen molar-refractivity contribution in [1.29, 1.82) is 0 Å². The Hall–Kier alpha value is -0.610. The molecule has 15 heavy (non-hydrogen) atoms. The minimum atomic E-state index is -0.656. The second kappa shape index (κ2) is 3.46. The largest absolute Gasteiger partial charge is 0.465 e. The normalized spacial score (nSPS) is 44.1. The van der Waals surface area contributed by atoms with Crippen molar-refractivity contribution in [2.75, 3.05) is 6.61 Å². The molecule has 0 radical (unpaired) electrons. The molecule has 3 N–H and O–H groups in total. The average molecular weight is 213 g/mol. The van der Waals surface area contributed by atoms with Crippen LogP contribution in [0.3, 0.4) is 0 Å². The summed E-state index contributed by atoms with van der Waals surface area (Å²) in [7, 11) is 0. The van der Waals surface area contributed by atoms with Gasteiger partial charge in [-0.15, -0.1) is 0 Å². The van der Waals surface area contributed by atoms with Crippen molar-refractivity contribution < 1.29 is 14.6 Å². The van der Waals surface area contributed by atoms with E-state index in [9.17, 15) is 9.90 Å². The van der Waals surface area contributed by atoms with Crippen LogP contribution in [-0.4, -0.2) is 29.3 Å². The highest BCUT2D eigenvalue weighted by molar-refractivity contribution is 5.78. The van der Waals surface area contributed by atoms with E-state index in [1.165, 1.54) is 0 Å². The molecule has 0 heterocycles. The molecule has 3 aliphatic carbocycles. The highest BCUT2D eigenvalue weighted by Crippen LogP contribution is 2.51. The molecule has 2 bridgehead atoms. The molecule has 0 spiro atoms. The van der Waals surface area contributed by atoms with Crippen LogP contribution in [0, 0.1) is 5.41 Å². The molecule has 4 heteroatoms. The number of rotatable bonds is 2. The number of aliphatic hydroxyl groups is 1. The van der Waals surface area contributed by atoms with Gasteiger partial charge in [0, 0.05) is 5.54 Å². The number of esters is 1. The second-order valence-corrected chi connectivity index (χ2v) is 4.96. The maximum absolute atomic E-state index is 11.9. The van der Waals surface area contributed by atoms with Crippen molar-refractivity contribution in [1.82, 2.24) is 0 Å². The van der Waals surface area contributed by atoms with Gasteiger partial charge in [0.1, 0.15) is 0 Å². The zero-order chi connectivity index (χ0) is 11.1. The Morgan fingerprint density at radius 1 is 1.47 bits per heavy atom. The lowest BCUT2D eigenvalue weighted by Gasteiger charge is -2.52. The number of nitrogens with two attached hydrogens (primary N) is 1. The Bertz CT molecular complexity index is 269. The molecule has 0 aromatic rings. The van der Waals surface area contributed by atoms with Crippen LogP contribution in [0.25, 0.3) is 0 Å². The topological polar surface area (TPSA) is 72.5 Å². The standard InChI is InChI=1S/C11H19NO3/c1-2-15-9(14)11-5-3-10(12,4-6-11)7-8(11)13/h8,13H,2-7,12H2,1H3/t8-,10?,11?/m0/s1. The number of hydrogen-bond donors (Lipinski definition) is 2. The van der Waals surface area contributed by atoms with Gasteiger partial charge in [-0.3, -0.25) is 4.79 Å². The fourth-order valence-corrected chi connectivity index (χ4v) is 2.93. The van der Waals surface area contributed by atoms with Gasteiger partial charge in [-0.25, -0.2) is 0 Å². The van der Waals surface area contributed by atoms with E-state index < -0.39 is 11.5 Å².